The summed E-state index contributed by atoms with van der Waals surface area (Å²) in [6.07, 6.45) is 5.04. The number of nitrogens with one attached hydrogen (secondary N) is 2. The van der Waals surface area contributed by atoms with Crippen molar-refractivity contribution in [1.82, 2.24) is 15.8 Å². The van der Waals surface area contributed by atoms with Gasteiger partial charge >= 0.3 is 0 Å². The fourth-order valence-electron chi connectivity index (χ4n) is 3.37. The van der Waals surface area contributed by atoms with Crippen molar-refractivity contribution in [1.29, 1.82) is 0 Å². The summed E-state index contributed by atoms with van der Waals surface area (Å²) in [5, 5.41) is 10.6. The first-order valence-corrected chi connectivity index (χ1v) is 10.3. The first kappa shape index (κ1) is 24.3. The summed E-state index contributed by atoms with van der Waals surface area (Å²) in [6, 6.07) is 8.03. The highest BCUT2D eigenvalue weighted by molar-refractivity contribution is 14.0. The SMILES string of the molecule is CN=C(NCc1ccc(OC2CCCC2)c(OC)c1)NCc1cc(C(C)C)no1.I. The molecule has 8 heteroatoms. The Labute approximate surface area is 196 Å². The van der Waals surface area contributed by atoms with Gasteiger partial charge in [0, 0.05) is 19.7 Å². The van der Waals surface area contributed by atoms with E-state index in [2.05, 4.69) is 40.7 Å². The molecule has 1 heterocycles. The summed E-state index contributed by atoms with van der Waals surface area (Å²) >= 11 is 0. The molecule has 30 heavy (non-hydrogen) atoms. The molecule has 1 fully saturated rings. The summed E-state index contributed by atoms with van der Waals surface area (Å²) in [7, 11) is 3.42. The average molecular weight is 528 g/mol. The Kier molecular flexibility index (Phi) is 9.74. The minimum atomic E-state index is 0. The van der Waals surface area contributed by atoms with E-state index in [-0.39, 0.29) is 24.0 Å². The van der Waals surface area contributed by atoms with Gasteiger partial charge in [0.15, 0.2) is 23.2 Å². The third-order valence-electron chi connectivity index (χ3n) is 5.11. The van der Waals surface area contributed by atoms with Gasteiger partial charge in [-0.3, -0.25) is 4.99 Å². The van der Waals surface area contributed by atoms with Gasteiger partial charge in [0.1, 0.15) is 0 Å². The maximum atomic E-state index is 6.11. The molecule has 1 aromatic heterocycles. The second kappa shape index (κ2) is 12.0. The lowest BCUT2D eigenvalue weighted by Crippen LogP contribution is -2.36. The highest BCUT2D eigenvalue weighted by Crippen LogP contribution is 2.32. The number of halogens is 1. The molecule has 0 saturated heterocycles. The van der Waals surface area contributed by atoms with Crippen LogP contribution in [0.5, 0.6) is 11.5 Å². The molecule has 3 rings (SSSR count). The Morgan fingerprint density at radius 1 is 1.17 bits per heavy atom. The Hall–Kier alpha value is -1.97. The third kappa shape index (κ3) is 6.78. The summed E-state index contributed by atoms with van der Waals surface area (Å²) in [5.41, 5.74) is 2.04. The predicted octanol–water partition coefficient (Wildman–Crippen LogP) is 4.61. The van der Waals surface area contributed by atoms with Gasteiger partial charge in [-0.1, -0.05) is 25.1 Å². The van der Waals surface area contributed by atoms with Crippen LogP contribution in [0.25, 0.3) is 0 Å². The smallest absolute Gasteiger partial charge is 0.191 e. The molecule has 0 atom stereocenters. The maximum Gasteiger partial charge on any atom is 0.191 e. The quantitative estimate of drug-likeness (QED) is 0.296. The molecule has 2 aromatic rings. The van der Waals surface area contributed by atoms with Gasteiger partial charge in [-0.25, -0.2) is 0 Å². The summed E-state index contributed by atoms with van der Waals surface area (Å²) < 4.78 is 17.0. The van der Waals surface area contributed by atoms with Crippen LogP contribution in [-0.2, 0) is 13.1 Å². The lowest BCUT2D eigenvalue weighted by Gasteiger charge is -2.17. The Morgan fingerprint density at radius 3 is 2.53 bits per heavy atom. The van der Waals surface area contributed by atoms with Crippen molar-refractivity contribution >= 4 is 29.9 Å². The average Bonchev–Trinajstić information content (AvgIpc) is 3.41. The Morgan fingerprint density at radius 2 is 1.90 bits per heavy atom. The monoisotopic (exact) mass is 528 g/mol. The van der Waals surface area contributed by atoms with E-state index < -0.39 is 0 Å². The number of rotatable bonds is 8. The van der Waals surface area contributed by atoms with Crippen LogP contribution < -0.4 is 20.1 Å². The molecular formula is C22H33IN4O3. The maximum absolute atomic E-state index is 6.11. The standard InChI is InChI=1S/C22H32N4O3.HI/c1-15(2)19-12-18(29-26-19)14-25-22(23-3)24-13-16-9-10-20(21(11-16)27-4)28-17-7-5-6-8-17;/h9-12,15,17H,5-8,13-14H2,1-4H3,(H2,23,24,25);1H. The van der Waals surface area contributed by atoms with E-state index in [1.54, 1.807) is 14.2 Å². The van der Waals surface area contributed by atoms with Crippen LogP contribution >= 0.6 is 24.0 Å². The first-order chi connectivity index (χ1) is 14.1. The normalized spacial score (nSPS) is 14.5. The van der Waals surface area contributed by atoms with Gasteiger partial charge in [0.05, 0.1) is 25.5 Å². The van der Waals surface area contributed by atoms with E-state index in [9.17, 15) is 0 Å². The summed E-state index contributed by atoms with van der Waals surface area (Å²) in [4.78, 5) is 4.27. The molecule has 0 aliphatic heterocycles. The largest absolute Gasteiger partial charge is 0.493 e. The molecule has 0 radical (unpaired) electrons. The molecule has 0 unspecified atom stereocenters. The number of methoxy groups -OCH3 is 1. The molecule has 2 N–H and O–H groups in total. The molecule has 1 aliphatic rings. The Bertz CT molecular complexity index is 816. The molecule has 166 valence electrons. The molecule has 1 aliphatic carbocycles. The lowest BCUT2D eigenvalue weighted by atomic mass is 10.1. The van der Waals surface area contributed by atoms with E-state index in [4.69, 9.17) is 14.0 Å². The molecule has 7 nitrogen and oxygen atoms in total. The molecular weight excluding hydrogens is 495 g/mol. The number of nitrogens with zero attached hydrogens (tertiary/aromatic N) is 2. The summed E-state index contributed by atoms with van der Waals surface area (Å²) in [6.45, 7) is 5.33. The number of aliphatic imine (C=N–C) groups is 1. The third-order valence-corrected chi connectivity index (χ3v) is 5.11. The van der Waals surface area contributed by atoms with E-state index in [0.29, 0.717) is 31.1 Å². The Balaban J connectivity index is 0.00000320. The number of benzene rings is 1. The van der Waals surface area contributed by atoms with Gasteiger partial charge < -0.3 is 24.6 Å². The van der Waals surface area contributed by atoms with Gasteiger partial charge in [-0.15, -0.1) is 24.0 Å². The van der Waals surface area contributed by atoms with Crippen LogP contribution in [0.4, 0.5) is 0 Å². The van der Waals surface area contributed by atoms with Crippen LogP contribution in [0.15, 0.2) is 33.8 Å². The minimum absolute atomic E-state index is 0. The molecule has 0 amide bonds. The van der Waals surface area contributed by atoms with Crippen LogP contribution in [0.2, 0.25) is 0 Å². The predicted molar refractivity (Wildman–Crippen MR) is 129 cm³/mol. The zero-order valence-corrected chi connectivity index (χ0v) is 20.6. The van der Waals surface area contributed by atoms with Crippen molar-refractivity contribution in [3.05, 3.63) is 41.3 Å². The van der Waals surface area contributed by atoms with Crippen LogP contribution in [-0.4, -0.2) is 31.4 Å². The number of hydrogen-bond donors (Lipinski definition) is 2. The first-order valence-electron chi connectivity index (χ1n) is 10.3. The highest BCUT2D eigenvalue weighted by Gasteiger charge is 2.18. The molecule has 0 bridgehead atoms. The van der Waals surface area contributed by atoms with E-state index in [0.717, 1.165) is 41.4 Å². The van der Waals surface area contributed by atoms with Crippen molar-refractivity contribution < 1.29 is 14.0 Å². The highest BCUT2D eigenvalue weighted by atomic mass is 127. The topological polar surface area (TPSA) is 80.9 Å². The van der Waals surface area contributed by atoms with Gasteiger partial charge in [-0.05, 0) is 49.3 Å². The zero-order valence-electron chi connectivity index (χ0n) is 18.2. The zero-order chi connectivity index (χ0) is 20.6. The second-order valence-corrected chi connectivity index (χ2v) is 7.66. The molecule has 1 saturated carbocycles. The fourth-order valence-corrected chi connectivity index (χ4v) is 3.37. The molecule has 0 spiro atoms. The lowest BCUT2D eigenvalue weighted by molar-refractivity contribution is 0.200. The van der Waals surface area contributed by atoms with Crippen LogP contribution in [0.1, 0.15) is 62.5 Å². The van der Waals surface area contributed by atoms with Gasteiger partial charge in [0.25, 0.3) is 0 Å². The van der Waals surface area contributed by atoms with Crippen molar-refractivity contribution in [3.63, 3.8) is 0 Å². The van der Waals surface area contributed by atoms with Crippen molar-refractivity contribution in [3.8, 4) is 11.5 Å². The van der Waals surface area contributed by atoms with Crippen LogP contribution in [0, 0.1) is 0 Å². The van der Waals surface area contributed by atoms with Gasteiger partial charge in [-0.2, -0.15) is 0 Å². The number of aromatic nitrogens is 1. The van der Waals surface area contributed by atoms with Crippen molar-refractivity contribution in [2.75, 3.05) is 14.2 Å². The second-order valence-electron chi connectivity index (χ2n) is 7.66. The van der Waals surface area contributed by atoms with Gasteiger partial charge in [0.2, 0.25) is 0 Å². The summed E-state index contributed by atoms with van der Waals surface area (Å²) in [5.74, 6) is 3.41. The number of hydrogen-bond acceptors (Lipinski definition) is 5. The van der Waals surface area contributed by atoms with Crippen molar-refractivity contribution in [2.45, 2.75) is 64.6 Å². The minimum Gasteiger partial charge on any atom is -0.493 e. The fraction of sp³-hybridized carbons (Fsp3) is 0.545. The van der Waals surface area contributed by atoms with Crippen molar-refractivity contribution in [2.24, 2.45) is 4.99 Å². The van der Waals surface area contributed by atoms with E-state index >= 15 is 0 Å². The number of guanidine groups is 1. The van der Waals surface area contributed by atoms with E-state index in [1.165, 1.54) is 12.8 Å². The molecule has 1 aromatic carbocycles. The van der Waals surface area contributed by atoms with Crippen LogP contribution in [0.3, 0.4) is 0 Å². The van der Waals surface area contributed by atoms with E-state index in [1.807, 2.05) is 18.2 Å². The number of ether oxygens (including phenoxy) is 2.